The van der Waals surface area contributed by atoms with E-state index >= 15 is 0 Å². The van der Waals surface area contributed by atoms with Gasteiger partial charge in [-0.25, -0.2) is 4.98 Å². The summed E-state index contributed by atoms with van der Waals surface area (Å²) in [7, 11) is 0. The summed E-state index contributed by atoms with van der Waals surface area (Å²) in [6.07, 6.45) is 2.12. The maximum absolute atomic E-state index is 11.9. The van der Waals surface area contributed by atoms with E-state index in [9.17, 15) is 4.79 Å². The van der Waals surface area contributed by atoms with Gasteiger partial charge in [-0.1, -0.05) is 19.9 Å². The number of anilines is 1. The summed E-state index contributed by atoms with van der Waals surface area (Å²) in [6.45, 7) is 9.73. The van der Waals surface area contributed by atoms with Crippen molar-refractivity contribution in [3.63, 3.8) is 0 Å². The predicted molar refractivity (Wildman–Crippen MR) is 147 cm³/mol. The van der Waals surface area contributed by atoms with Crippen molar-refractivity contribution in [1.29, 1.82) is 0 Å². The molecular formula is C29H33N3O3S. The Morgan fingerprint density at radius 1 is 1.03 bits per heavy atom. The van der Waals surface area contributed by atoms with Crippen LogP contribution in [0.1, 0.15) is 26.7 Å². The summed E-state index contributed by atoms with van der Waals surface area (Å²) >= 11 is 1.81. The summed E-state index contributed by atoms with van der Waals surface area (Å²) in [5, 5.41) is 4.55. The van der Waals surface area contributed by atoms with Crippen LogP contribution in [0.15, 0.2) is 60.0 Å². The van der Waals surface area contributed by atoms with Crippen LogP contribution in [-0.4, -0.2) is 55.2 Å². The van der Waals surface area contributed by atoms with E-state index in [2.05, 4.69) is 44.4 Å². The Morgan fingerprint density at radius 3 is 2.69 bits per heavy atom. The number of pyridine rings is 1. The molecule has 1 saturated heterocycles. The number of hydrogen-bond acceptors (Lipinski definition) is 7. The lowest BCUT2D eigenvalue weighted by Gasteiger charge is -2.36. The number of unbranched alkanes of at least 4 members (excludes halogenated alkanes) is 1. The molecule has 0 spiro atoms. The molecule has 0 atom stereocenters. The molecule has 0 aliphatic carbocycles. The third-order valence-electron chi connectivity index (χ3n) is 6.64. The smallest absolute Gasteiger partial charge is 0.315 e. The summed E-state index contributed by atoms with van der Waals surface area (Å²) in [5.74, 6) is 0.640. The van der Waals surface area contributed by atoms with Crippen LogP contribution in [0.3, 0.4) is 0 Å². The van der Waals surface area contributed by atoms with Gasteiger partial charge in [0.05, 0.1) is 18.0 Å². The minimum atomic E-state index is -0.282. The lowest BCUT2D eigenvalue weighted by molar-refractivity contribution is -0.138. The van der Waals surface area contributed by atoms with Crippen LogP contribution >= 0.6 is 11.3 Å². The number of thiophene rings is 1. The van der Waals surface area contributed by atoms with E-state index in [1.165, 1.54) is 15.8 Å². The summed E-state index contributed by atoms with van der Waals surface area (Å²) in [4.78, 5) is 21.4. The van der Waals surface area contributed by atoms with Gasteiger partial charge in [0.2, 0.25) is 5.88 Å². The number of ether oxygens (including phenoxy) is 2. The average Bonchev–Trinajstić information content (AvgIpc) is 3.38. The molecule has 0 N–H and O–H groups in total. The van der Waals surface area contributed by atoms with Crippen molar-refractivity contribution in [2.75, 3.05) is 44.2 Å². The molecule has 1 aliphatic rings. The number of benzene rings is 2. The van der Waals surface area contributed by atoms with Gasteiger partial charge in [-0.05, 0) is 61.2 Å². The fourth-order valence-electron chi connectivity index (χ4n) is 4.54. The summed E-state index contributed by atoms with van der Waals surface area (Å²) in [5.41, 5.74) is 2.13. The minimum Gasteiger partial charge on any atom is -0.494 e. The SMILES string of the molecule is CC(C)C(=O)Oc1ccc2ccc(OCCCCN3CCN(c4cccc5sccc45)CC3)cc2n1. The Hall–Kier alpha value is -3.16. The Morgan fingerprint density at radius 2 is 1.86 bits per heavy atom. The largest absolute Gasteiger partial charge is 0.494 e. The van der Waals surface area contributed by atoms with Gasteiger partial charge in [-0.2, -0.15) is 0 Å². The maximum Gasteiger partial charge on any atom is 0.315 e. The van der Waals surface area contributed by atoms with Gasteiger partial charge in [0.1, 0.15) is 5.75 Å². The molecule has 3 heterocycles. The fourth-order valence-corrected chi connectivity index (χ4v) is 5.35. The van der Waals surface area contributed by atoms with Crippen molar-refractivity contribution in [3.8, 4) is 11.6 Å². The highest BCUT2D eigenvalue weighted by atomic mass is 32.1. The van der Waals surface area contributed by atoms with Crippen LogP contribution in [0, 0.1) is 5.92 Å². The van der Waals surface area contributed by atoms with Gasteiger partial charge in [0.15, 0.2) is 0 Å². The zero-order chi connectivity index (χ0) is 24.9. The molecule has 0 amide bonds. The lowest BCUT2D eigenvalue weighted by Crippen LogP contribution is -2.46. The van der Waals surface area contributed by atoms with Crippen LogP contribution in [0.4, 0.5) is 5.69 Å². The van der Waals surface area contributed by atoms with Crippen molar-refractivity contribution in [3.05, 3.63) is 60.0 Å². The first-order valence-electron chi connectivity index (χ1n) is 12.8. The zero-order valence-corrected chi connectivity index (χ0v) is 21.8. The van der Waals surface area contributed by atoms with Crippen molar-refractivity contribution < 1.29 is 14.3 Å². The average molecular weight is 504 g/mol. The van der Waals surface area contributed by atoms with Crippen LogP contribution in [0.2, 0.25) is 0 Å². The van der Waals surface area contributed by atoms with E-state index in [-0.39, 0.29) is 11.9 Å². The first kappa shape index (κ1) is 24.5. The quantitative estimate of drug-likeness (QED) is 0.207. The Kier molecular flexibility index (Phi) is 7.68. The van der Waals surface area contributed by atoms with Gasteiger partial charge in [-0.3, -0.25) is 9.69 Å². The number of piperazine rings is 1. The lowest BCUT2D eigenvalue weighted by atomic mass is 10.2. The molecule has 0 saturated carbocycles. The summed E-state index contributed by atoms with van der Waals surface area (Å²) < 4.78 is 12.7. The molecule has 0 unspecified atom stereocenters. The van der Waals surface area contributed by atoms with Crippen molar-refractivity contribution in [2.45, 2.75) is 26.7 Å². The van der Waals surface area contributed by atoms with E-state index in [1.807, 2.05) is 49.4 Å². The molecule has 6 nitrogen and oxygen atoms in total. The molecule has 1 fully saturated rings. The third kappa shape index (κ3) is 5.79. The van der Waals surface area contributed by atoms with Crippen molar-refractivity contribution in [1.82, 2.24) is 9.88 Å². The number of fused-ring (bicyclic) bond motifs is 2. The Bertz CT molecular complexity index is 1330. The molecule has 2 aromatic carbocycles. The molecule has 4 aromatic rings. The van der Waals surface area contributed by atoms with Crippen LogP contribution in [0.5, 0.6) is 11.6 Å². The van der Waals surface area contributed by atoms with Crippen LogP contribution in [0.25, 0.3) is 21.0 Å². The molecule has 188 valence electrons. The molecular weight excluding hydrogens is 470 g/mol. The van der Waals surface area contributed by atoms with Gasteiger partial charge < -0.3 is 14.4 Å². The highest BCUT2D eigenvalue weighted by Gasteiger charge is 2.18. The van der Waals surface area contributed by atoms with Crippen molar-refractivity contribution in [2.24, 2.45) is 5.92 Å². The number of hydrogen-bond donors (Lipinski definition) is 0. The Balaban J connectivity index is 1.05. The second-order valence-corrected chi connectivity index (χ2v) is 10.5. The number of carbonyl (C=O) groups is 1. The molecule has 5 rings (SSSR count). The van der Waals surface area contributed by atoms with Gasteiger partial charge in [0.25, 0.3) is 0 Å². The molecule has 2 aromatic heterocycles. The number of aromatic nitrogens is 1. The maximum atomic E-state index is 11.9. The third-order valence-corrected chi connectivity index (χ3v) is 7.52. The summed E-state index contributed by atoms with van der Waals surface area (Å²) in [6, 6.07) is 18.4. The predicted octanol–water partition coefficient (Wildman–Crippen LogP) is 5.99. The van der Waals surface area contributed by atoms with E-state index in [0.29, 0.717) is 12.5 Å². The van der Waals surface area contributed by atoms with Crippen LogP contribution in [-0.2, 0) is 4.79 Å². The van der Waals surface area contributed by atoms with Gasteiger partial charge in [0, 0.05) is 59.5 Å². The van der Waals surface area contributed by atoms with E-state index < -0.39 is 0 Å². The fraction of sp³-hybridized carbons (Fsp3) is 0.379. The van der Waals surface area contributed by atoms with Gasteiger partial charge in [-0.15, -0.1) is 11.3 Å². The highest BCUT2D eigenvalue weighted by molar-refractivity contribution is 7.17. The second kappa shape index (κ2) is 11.3. The minimum absolute atomic E-state index is 0.192. The molecule has 1 aliphatic heterocycles. The molecule has 0 radical (unpaired) electrons. The molecule has 36 heavy (non-hydrogen) atoms. The zero-order valence-electron chi connectivity index (χ0n) is 21.0. The number of esters is 1. The molecule has 7 heteroatoms. The topological polar surface area (TPSA) is 54.9 Å². The van der Waals surface area contributed by atoms with Gasteiger partial charge >= 0.3 is 5.97 Å². The van der Waals surface area contributed by atoms with E-state index in [1.54, 1.807) is 6.07 Å². The number of carbonyl (C=O) groups excluding carboxylic acids is 1. The Labute approximate surface area is 216 Å². The van der Waals surface area contributed by atoms with E-state index in [0.717, 1.165) is 62.2 Å². The standard InChI is InChI=1S/C29H33N3O3S/c1-21(2)29(33)35-28-11-9-22-8-10-23(20-25(22)30-28)34-18-4-3-13-31-14-16-32(17-15-31)26-6-5-7-27-24(26)12-19-36-27/h5-12,19-21H,3-4,13-18H2,1-2H3. The second-order valence-electron chi connectivity index (χ2n) is 9.57. The number of rotatable bonds is 9. The normalized spacial score (nSPS) is 14.6. The van der Waals surface area contributed by atoms with Crippen molar-refractivity contribution >= 4 is 44.0 Å². The highest BCUT2D eigenvalue weighted by Crippen LogP contribution is 2.31. The number of nitrogens with zero attached hydrogens (tertiary/aromatic N) is 3. The molecule has 0 bridgehead atoms. The first-order chi connectivity index (χ1) is 17.6. The first-order valence-corrected chi connectivity index (χ1v) is 13.6. The van der Waals surface area contributed by atoms with Crippen LogP contribution < -0.4 is 14.4 Å². The monoisotopic (exact) mass is 503 g/mol. The van der Waals surface area contributed by atoms with E-state index in [4.69, 9.17) is 9.47 Å².